The third-order valence-electron chi connectivity index (χ3n) is 17.2. The van der Waals surface area contributed by atoms with E-state index in [0.717, 1.165) is 148 Å². The van der Waals surface area contributed by atoms with Gasteiger partial charge in [-0.15, -0.1) is 0 Å². The van der Waals surface area contributed by atoms with E-state index in [1.54, 1.807) is 0 Å². The van der Waals surface area contributed by atoms with Crippen LogP contribution >= 0.6 is 15.6 Å². The molecular weight excluding hydrogens is 1310 g/mol. The van der Waals surface area contributed by atoms with E-state index < -0.39 is 97.5 Å². The second kappa shape index (κ2) is 73.8. The number of carbonyl (C=O) groups is 4. The van der Waals surface area contributed by atoms with Crippen molar-refractivity contribution in [1.29, 1.82) is 0 Å². The highest BCUT2D eigenvalue weighted by Crippen LogP contribution is 2.45. The lowest BCUT2D eigenvalue weighted by atomic mass is 10.0. The number of rotatable bonds is 76. The van der Waals surface area contributed by atoms with Gasteiger partial charge in [0.2, 0.25) is 0 Å². The summed E-state index contributed by atoms with van der Waals surface area (Å²) in [5, 5.41) is 10.6. The van der Waals surface area contributed by atoms with E-state index in [4.69, 9.17) is 37.0 Å². The molecule has 0 aliphatic heterocycles. The molecule has 19 heteroatoms. The van der Waals surface area contributed by atoms with Gasteiger partial charge in [-0.25, -0.2) is 9.13 Å². The molecule has 0 heterocycles. The first-order chi connectivity index (χ1) is 48.7. The summed E-state index contributed by atoms with van der Waals surface area (Å²) >= 11 is 0. The Morgan fingerprint density at radius 3 is 0.840 bits per heavy atom. The maximum absolute atomic E-state index is 13.1. The van der Waals surface area contributed by atoms with Crippen LogP contribution in [0.4, 0.5) is 0 Å². The van der Waals surface area contributed by atoms with E-state index in [1.165, 1.54) is 135 Å². The van der Waals surface area contributed by atoms with Gasteiger partial charge in [-0.2, -0.15) is 0 Å². The van der Waals surface area contributed by atoms with Crippen LogP contribution in [0.25, 0.3) is 0 Å². The molecule has 582 valence electrons. The van der Waals surface area contributed by atoms with Crippen LogP contribution in [0.1, 0.15) is 362 Å². The minimum atomic E-state index is -4.98. The van der Waals surface area contributed by atoms with E-state index in [1.807, 2.05) is 0 Å². The van der Waals surface area contributed by atoms with Gasteiger partial charge in [-0.3, -0.25) is 37.3 Å². The minimum Gasteiger partial charge on any atom is -0.462 e. The third kappa shape index (κ3) is 72.8. The number of phosphoric ester groups is 2. The van der Waals surface area contributed by atoms with Crippen LogP contribution in [0, 0.1) is 0 Å². The smallest absolute Gasteiger partial charge is 0.462 e. The van der Waals surface area contributed by atoms with E-state index in [2.05, 4.69) is 101 Å². The molecule has 17 nitrogen and oxygen atoms in total. The molecule has 0 fully saturated rings. The van der Waals surface area contributed by atoms with E-state index >= 15 is 0 Å². The fraction of sp³-hybridized carbons (Fsp3) is 0.802. The molecule has 0 aliphatic carbocycles. The van der Waals surface area contributed by atoms with Crippen molar-refractivity contribution in [2.45, 2.75) is 380 Å². The van der Waals surface area contributed by atoms with Crippen LogP contribution in [0.3, 0.4) is 0 Å². The number of ether oxygens (including phenoxy) is 4. The molecule has 0 saturated carbocycles. The Balaban J connectivity index is 5.34. The number of unbranched alkanes of at least 4 members (excludes halogenated alkanes) is 38. The van der Waals surface area contributed by atoms with Crippen molar-refractivity contribution in [2.75, 3.05) is 39.6 Å². The van der Waals surface area contributed by atoms with E-state index in [-0.39, 0.29) is 25.7 Å². The lowest BCUT2D eigenvalue weighted by Gasteiger charge is -2.21. The second-order valence-electron chi connectivity index (χ2n) is 27.0. The van der Waals surface area contributed by atoms with Crippen LogP contribution in [-0.2, 0) is 65.4 Å². The SMILES string of the molecule is CC/C=C\C/C=C\C/C=C\C/C=C\CCCCCCC(=O)OCC(COP(=O)(O)OCC(O)COP(=O)(O)OCC(COC(=O)CCCCCCCCCCCCCCCCC)OC(=O)CCCCCCC/C=C\C/C=C\CCC)OC(=O)CCCCCCCCCCCCCCCCC. The summed E-state index contributed by atoms with van der Waals surface area (Å²) in [6.07, 6.45) is 74.5. The normalized spacial score (nSPS) is 14.3. The van der Waals surface area contributed by atoms with Gasteiger partial charge < -0.3 is 33.8 Å². The average Bonchev–Trinajstić information content (AvgIpc) is 1.06. The van der Waals surface area contributed by atoms with Gasteiger partial charge in [0, 0.05) is 25.7 Å². The Bertz CT molecular complexity index is 2180. The molecule has 0 aliphatic rings. The molecule has 5 atom stereocenters. The number of hydrogen-bond donors (Lipinski definition) is 3. The second-order valence-corrected chi connectivity index (χ2v) is 29.9. The molecular formula is C81H146O17P2. The summed E-state index contributed by atoms with van der Waals surface area (Å²) < 4.78 is 68.6. The molecule has 0 aromatic rings. The standard InChI is InChI=1S/C81H146O17P2/c1-5-9-13-17-21-25-29-33-36-37-40-43-46-50-54-58-62-66-79(84)92-72-77(98-81(86)68-64-60-56-52-48-44-39-35-31-27-23-19-15-11-7-3)74-96-100(89,90)94-70-75(82)69-93-99(87,88)95-73-76(97-80(85)67-63-59-55-51-47-41-32-28-24-20-16-12-8-4)71-91-78(83)65-61-57-53-49-45-42-38-34-30-26-22-18-14-10-6-2/h9,13,16,20-21,25,28,32-33,36,40,43,75-77,82H,5-8,10-12,14-15,17-19,22-24,26-27,29-31,34-35,37-39,41-42,44-74H2,1-4H3,(H,87,88)(H,89,90)/b13-9-,20-16-,25-21-,32-28-,36-33-,43-40-. The van der Waals surface area contributed by atoms with Crippen LogP contribution in [0.2, 0.25) is 0 Å². The number of aliphatic hydroxyl groups is 1. The van der Waals surface area contributed by atoms with Crippen molar-refractivity contribution in [3.63, 3.8) is 0 Å². The van der Waals surface area contributed by atoms with Gasteiger partial charge in [-0.05, 0) is 89.9 Å². The van der Waals surface area contributed by atoms with Crippen molar-refractivity contribution < 1.29 is 80.2 Å². The molecule has 3 N–H and O–H groups in total. The first-order valence-corrected chi connectivity index (χ1v) is 43.2. The fourth-order valence-corrected chi connectivity index (χ4v) is 12.7. The van der Waals surface area contributed by atoms with Crippen molar-refractivity contribution in [3.05, 3.63) is 72.9 Å². The maximum Gasteiger partial charge on any atom is 0.472 e. The van der Waals surface area contributed by atoms with Gasteiger partial charge in [0.1, 0.15) is 19.3 Å². The van der Waals surface area contributed by atoms with Gasteiger partial charge in [0.15, 0.2) is 12.2 Å². The zero-order valence-corrected chi connectivity index (χ0v) is 65.4. The molecule has 0 rings (SSSR count). The lowest BCUT2D eigenvalue weighted by Crippen LogP contribution is -2.30. The third-order valence-corrected chi connectivity index (χ3v) is 19.1. The summed E-state index contributed by atoms with van der Waals surface area (Å²) in [5.74, 6) is -2.18. The molecule has 0 aromatic carbocycles. The Kier molecular flexibility index (Phi) is 71.2. The lowest BCUT2D eigenvalue weighted by molar-refractivity contribution is -0.161. The Labute approximate surface area is 609 Å². The molecule has 0 aromatic heterocycles. The summed E-state index contributed by atoms with van der Waals surface area (Å²) in [4.78, 5) is 73.0. The Morgan fingerprint density at radius 1 is 0.290 bits per heavy atom. The maximum atomic E-state index is 13.1. The quantitative estimate of drug-likeness (QED) is 0.0169. The van der Waals surface area contributed by atoms with E-state index in [0.29, 0.717) is 25.7 Å². The van der Waals surface area contributed by atoms with Crippen molar-refractivity contribution >= 4 is 39.5 Å². The summed E-state index contributed by atoms with van der Waals surface area (Å²) in [6, 6.07) is 0. The molecule has 5 unspecified atom stereocenters. The number of carbonyl (C=O) groups excluding carboxylic acids is 4. The average molecular weight is 1450 g/mol. The number of phosphoric acid groups is 2. The topological polar surface area (TPSA) is 237 Å². The summed E-state index contributed by atoms with van der Waals surface area (Å²) in [5.41, 5.74) is 0. The molecule has 0 saturated heterocycles. The molecule has 0 bridgehead atoms. The predicted molar refractivity (Wildman–Crippen MR) is 409 cm³/mol. The van der Waals surface area contributed by atoms with Crippen LogP contribution in [0.5, 0.6) is 0 Å². The highest BCUT2D eigenvalue weighted by Gasteiger charge is 2.30. The molecule has 0 radical (unpaired) electrons. The number of allylic oxidation sites excluding steroid dienone is 12. The highest BCUT2D eigenvalue weighted by molar-refractivity contribution is 7.47. The largest absolute Gasteiger partial charge is 0.472 e. The fourth-order valence-electron chi connectivity index (χ4n) is 11.1. The Hall–Kier alpha value is -3.50. The zero-order chi connectivity index (χ0) is 73.2. The Morgan fingerprint density at radius 2 is 0.540 bits per heavy atom. The molecule has 100 heavy (non-hydrogen) atoms. The van der Waals surface area contributed by atoms with Crippen LogP contribution < -0.4 is 0 Å². The highest BCUT2D eigenvalue weighted by atomic mass is 31.2. The van der Waals surface area contributed by atoms with E-state index in [9.17, 15) is 43.2 Å². The summed E-state index contributed by atoms with van der Waals surface area (Å²) in [6.45, 7) is 4.73. The van der Waals surface area contributed by atoms with Crippen molar-refractivity contribution in [2.24, 2.45) is 0 Å². The first kappa shape index (κ1) is 96.5. The number of aliphatic hydroxyl groups excluding tert-OH is 1. The van der Waals surface area contributed by atoms with Gasteiger partial charge >= 0.3 is 39.5 Å². The predicted octanol–water partition coefficient (Wildman–Crippen LogP) is 23.2. The van der Waals surface area contributed by atoms with Crippen molar-refractivity contribution in [3.8, 4) is 0 Å². The van der Waals surface area contributed by atoms with Crippen molar-refractivity contribution in [1.82, 2.24) is 0 Å². The monoisotopic (exact) mass is 1450 g/mol. The number of hydrogen-bond acceptors (Lipinski definition) is 15. The molecule has 0 spiro atoms. The first-order valence-electron chi connectivity index (χ1n) is 40.2. The van der Waals surface area contributed by atoms with Gasteiger partial charge in [0.05, 0.1) is 26.4 Å². The minimum absolute atomic E-state index is 0.0830. The van der Waals surface area contributed by atoms with Gasteiger partial charge in [-0.1, -0.05) is 319 Å². The van der Waals surface area contributed by atoms with Crippen LogP contribution in [0.15, 0.2) is 72.9 Å². The van der Waals surface area contributed by atoms with Gasteiger partial charge in [0.25, 0.3) is 0 Å². The number of esters is 4. The zero-order valence-electron chi connectivity index (χ0n) is 63.6. The molecule has 0 amide bonds. The van der Waals surface area contributed by atoms with Crippen LogP contribution in [-0.4, -0.2) is 96.7 Å². The summed E-state index contributed by atoms with van der Waals surface area (Å²) in [7, 11) is -9.95.